The van der Waals surface area contributed by atoms with E-state index in [4.69, 9.17) is 5.73 Å². The molecule has 0 bridgehead atoms. The van der Waals surface area contributed by atoms with Gasteiger partial charge in [-0.3, -0.25) is 0 Å². The molecule has 1 atom stereocenters. The van der Waals surface area contributed by atoms with E-state index in [0.29, 0.717) is 13.0 Å². The first-order valence-electron chi connectivity index (χ1n) is 4.45. The van der Waals surface area contributed by atoms with Gasteiger partial charge >= 0.3 is 6.18 Å². The molecule has 1 aliphatic rings. The summed E-state index contributed by atoms with van der Waals surface area (Å²) in [4.78, 5) is 0. The zero-order chi connectivity index (χ0) is 10.1. The van der Waals surface area contributed by atoms with E-state index >= 15 is 0 Å². The Labute approximate surface area is 75.7 Å². The summed E-state index contributed by atoms with van der Waals surface area (Å²) in [6.45, 7) is 2.13. The number of alkyl halides is 3. The number of hydrogen-bond donors (Lipinski definition) is 2. The molecule has 3 N–H and O–H groups in total. The third-order valence-electron chi connectivity index (χ3n) is 2.36. The third-order valence-corrected chi connectivity index (χ3v) is 2.36. The van der Waals surface area contributed by atoms with Gasteiger partial charge in [0.1, 0.15) is 5.54 Å². The fourth-order valence-corrected chi connectivity index (χ4v) is 1.22. The number of nitrogens with one attached hydrogen (secondary N) is 1. The molecular formula is C8H15F3N2. The molecule has 1 rings (SSSR count). The van der Waals surface area contributed by atoms with E-state index in [9.17, 15) is 13.2 Å². The predicted molar refractivity (Wildman–Crippen MR) is 44.3 cm³/mol. The zero-order valence-electron chi connectivity index (χ0n) is 7.62. The van der Waals surface area contributed by atoms with E-state index in [1.54, 1.807) is 6.92 Å². The van der Waals surface area contributed by atoms with Crippen LogP contribution in [0.1, 0.15) is 26.2 Å². The van der Waals surface area contributed by atoms with Crippen molar-refractivity contribution in [2.45, 2.75) is 43.9 Å². The number of rotatable bonds is 4. The molecule has 0 radical (unpaired) electrons. The van der Waals surface area contributed by atoms with Crippen molar-refractivity contribution >= 4 is 0 Å². The predicted octanol–water partition coefficient (Wildman–Crippen LogP) is 1.41. The first kappa shape index (κ1) is 10.8. The van der Waals surface area contributed by atoms with Gasteiger partial charge in [0.15, 0.2) is 0 Å². The molecule has 0 aromatic carbocycles. The number of hydrogen-bond acceptors (Lipinski definition) is 2. The second-order valence-electron chi connectivity index (χ2n) is 3.77. The maximum atomic E-state index is 12.3. The molecule has 0 aromatic heterocycles. The van der Waals surface area contributed by atoms with Crippen LogP contribution < -0.4 is 11.1 Å². The van der Waals surface area contributed by atoms with Gasteiger partial charge in [0, 0.05) is 6.04 Å². The van der Waals surface area contributed by atoms with Crippen molar-refractivity contribution in [2.24, 2.45) is 5.73 Å². The van der Waals surface area contributed by atoms with Gasteiger partial charge in [0.25, 0.3) is 0 Å². The summed E-state index contributed by atoms with van der Waals surface area (Å²) in [5, 5.41) is 2.54. The van der Waals surface area contributed by atoms with Gasteiger partial charge in [0.05, 0.1) is 0 Å². The lowest BCUT2D eigenvalue weighted by Crippen LogP contribution is -2.46. The van der Waals surface area contributed by atoms with Crippen molar-refractivity contribution in [3.8, 4) is 0 Å². The van der Waals surface area contributed by atoms with Crippen LogP contribution in [0.4, 0.5) is 13.2 Å². The second-order valence-corrected chi connectivity index (χ2v) is 3.77. The molecule has 1 unspecified atom stereocenters. The average Bonchev–Trinajstić information content (AvgIpc) is 2.65. The fraction of sp³-hybridized carbons (Fsp3) is 1.00. The van der Waals surface area contributed by atoms with Crippen LogP contribution in [0.25, 0.3) is 0 Å². The standard InChI is InChI=1S/C8H15F3N2/c1-6(12)2-5-13-7(3-4-7)8(9,10)11/h6,13H,2-5,12H2,1H3. The molecule has 1 aliphatic carbocycles. The summed E-state index contributed by atoms with van der Waals surface area (Å²) in [5.41, 5.74) is 3.85. The van der Waals surface area contributed by atoms with Gasteiger partial charge < -0.3 is 11.1 Å². The van der Waals surface area contributed by atoms with Crippen molar-refractivity contribution in [1.29, 1.82) is 0 Å². The minimum atomic E-state index is -4.11. The van der Waals surface area contributed by atoms with Crippen molar-refractivity contribution < 1.29 is 13.2 Å². The molecule has 0 aromatic rings. The van der Waals surface area contributed by atoms with Crippen LogP contribution in [0, 0.1) is 0 Å². The van der Waals surface area contributed by atoms with Crippen LogP contribution >= 0.6 is 0 Å². The summed E-state index contributed by atoms with van der Waals surface area (Å²) in [6.07, 6.45) is -3.12. The molecule has 0 saturated heterocycles. The van der Waals surface area contributed by atoms with E-state index in [1.807, 2.05) is 0 Å². The summed E-state index contributed by atoms with van der Waals surface area (Å²) < 4.78 is 37.0. The van der Waals surface area contributed by atoms with Crippen molar-refractivity contribution in [1.82, 2.24) is 5.32 Å². The Hall–Kier alpha value is -0.290. The molecule has 78 valence electrons. The maximum Gasteiger partial charge on any atom is 0.406 e. The van der Waals surface area contributed by atoms with E-state index in [0.717, 1.165) is 0 Å². The van der Waals surface area contributed by atoms with Crippen molar-refractivity contribution in [3.63, 3.8) is 0 Å². The highest BCUT2D eigenvalue weighted by atomic mass is 19.4. The van der Waals surface area contributed by atoms with Crippen LogP contribution in [-0.2, 0) is 0 Å². The smallest absolute Gasteiger partial charge is 0.328 e. The van der Waals surface area contributed by atoms with Crippen molar-refractivity contribution in [3.05, 3.63) is 0 Å². The van der Waals surface area contributed by atoms with Gasteiger partial charge in [-0.25, -0.2) is 0 Å². The fourth-order valence-electron chi connectivity index (χ4n) is 1.22. The molecule has 0 amide bonds. The topological polar surface area (TPSA) is 38.0 Å². The van der Waals surface area contributed by atoms with Gasteiger partial charge in [-0.2, -0.15) is 13.2 Å². The average molecular weight is 196 g/mol. The minimum absolute atomic E-state index is 0.0449. The molecular weight excluding hydrogens is 181 g/mol. The molecule has 1 saturated carbocycles. The molecule has 0 aliphatic heterocycles. The van der Waals surface area contributed by atoms with Crippen LogP contribution in [0.2, 0.25) is 0 Å². The Kier molecular flexibility index (Phi) is 2.87. The summed E-state index contributed by atoms with van der Waals surface area (Å²) in [7, 11) is 0. The molecule has 1 fully saturated rings. The lowest BCUT2D eigenvalue weighted by molar-refractivity contribution is -0.165. The Morgan fingerprint density at radius 1 is 1.46 bits per heavy atom. The van der Waals surface area contributed by atoms with E-state index in [-0.39, 0.29) is 18.9 Å². The quantitative estimate of drug-likeness (QED) is 0.713. The van der Waals surface area contributed by atoms with Crippen LogP contribution in [0.5, 0.6) is 0 Å². The maximum absolute atomic E-state index is 12.3. The first-order valence-corrected chi connectivity index (χ1v) is 4.45. The molecule has 0 spiro atoms. The summed E-state index contributed by atoms with van der Waals surface area (Å²) in [5.74, 6) is 0. The van der Waals surface area contributed by atoms with Gasteiger partial charge in [-0.1, -0.05) is 0 Å². The second kappa shape index (κ2) is 3.46. The summed E-state index contributed by atoms with van der Waals surface area (Å²) >= 11 is 0. The normalized spacial score (nSPS) is 22.8. The largest absolute Gasteiger partial charge is 0.406 e. The Bertz CT molecular complexity index is 173. The Morgan fingerprint density at radius 2 is 2.00 bits per heavy atom. The van der Waals surface area contributed by atoms with E-state index in [1.165, 1.54) is 0 Å². The zero-order valence-corrected chi connectivity index (χ0v) is 7.62. The lowest BCUT2D eigenvalue weighted by atomic mass is 10.2. The summed E-state index contributed by atoms with van der Waals surface area (Å²) in [6, 6.07) is -0.0449. The van der Waals surface area contributed by atoms with Gasteiger partial charge in [-0.15, -0.1) is 0 Å². The third kappa shape index (κ3) is 2.57. The highest BCUT2D eigenvalue weighted by Gasteiger charge is 2.62. The Morgan fingerprint density at radius 3 is 2.31 bits per heavy atom. The van der Waals surface area contributed by atoms with E-state index in [2.05, 4.69) is 5.32 Å². The van der Waals surface area contributed by atoms with Gasteiger partial charge in [-0.05, 0) is 32.7 Å². The van der Waals surface area contributed by atoms with Gasteiger partial charge in [0.2, 0.25) is 0 Å². The minimum Gasteiger partial charge on any atom is -0.328 e. The highest BCUT2D eigenvalue weighted by Crippen LogP contribution is 2.48. The number of nitrogens with two attached hydrogens (primary N) is 1. The number of halogens is 3. The Balaban J connectivity index is 2.29. The van der Waals surface area contributed by atoms with Crippen molar-refractivity contribution in [2.75, 3.05) is 6.54 Å². The first-order chi connectivity index (χ1) is 5.87. The molecule has 0 heterocycles. The highest BCUT2D eigenvalue weighted by molar-refractivity contribution is 5.07. The molecule has 2 nitrogen and oxygen atoms in total. The van der Waals surface area contributed by atoms with Crippen LogP contribution in [-0.4, -0.2) is 24.3 Å². The lowest BCUT2D eigenvalue weighted by Gasteiger charge is -2.21. The molecule has 5 heteroatoms. The van der Waals surface area contributed by atoms with Crippen LogP contribution in [0.3, 0.4) is 0 Å². The molecule has 13 heavy (non-hydrogen) atoms. The van der Waals surface area contributed by atoms with Crippen LogP contribution in [0.15, 0.2) is 0 Å². The monoisotopic (exact) mass is 196 g/mol. The van der Waals surface area contributed by atoms with E-state index < -0.39 is 11.7 Å². The SMILES string of the molecule is CC(N)CCNC1(C(F)(F)F)CC1.